The van der Waals surface area contributed by atoms with Gasteiger partial charge in [0.15, 0.2) is 0 Å². The molecule has 8 nitrogen and oxygen atoms in total. The van der Waals surface area contributed by atoms with E-state index in [9.17, 15) is 14.4 Å². The Balaban J connectivity index is 1.97. The molecule has 0 saturated carbocycles. The lowest BCUT2D eigenvalue weighted by molar-refractivity contribution is -0.134. The first-order valence-corrected chi connectivity index (χ1v) is 9.08. The summed E-state index contributed by atoms with van der Waals surface area (Å²) >= 11 is 0. The number of imide groups is 1. The smallest absolute Gasteiger partial charge is 0.419 e. The summed E-state index contributed by atoms with van der Waals surface area (Å²) in [5, 5.41) is 0.669. The Morgan fingerprint density at radius 1 is 1.10 bits per heavy atom. The van der Waals surface area contributed by atoms with Gasteiger partial charge in [0.2, 0.25) is 0 Å². The quantitative estimate of drug-likeness (QED) is 0.626. The number of benzene rings is 1. The number of carbonyl (C=O) groups is 3. The van der Waals surface area contributed by atoms with Crippen molar-refractivity contribution >= 4 is 40.1 Å². The minimum atomic E-state index is -0.677. The summed E-state index contributed by atoms with van der Waals surface area (Å²) in [7, 11) is 1.43. The van der Waals surface area contributed by atoms with E-state index in [1.165, 1.54) is 28.7 Å². The molecule has 4 rings (SSSR count). The Morgan fingerprint density at radius 2 is 1.83 bits per heavy atom. The number of ether oxygens (including phenoxy) is 1. The van der Waals surface area contributed by atoms with E-state index < -0.39 is 23.5 Å². The molecular weight excluding hydrogens is 372 g/mol. The first kappa shape index (κ1) is 18.7. The van der Waals surface area contributed by atoms with E-state index in [2.05, 4.69) is 4.98 Å². The van der Waals surface area contributed by atoms with E-state index in [0.717, 1.165) is 4.90 Å². The van der Waals surface area contributed by atoms with Crippen LogP contribution in [0.15, 0.2) is 49.2 Å². The van der Waals surface area contributed by atoms with Crippen LogP contribution in [0.2, 0.25) is 0 Å². The van der Waals surface area contributed by atoms with Crippen molar-refractivity contribution in [2.24, 2.45) is 0 Å². The van der Waals surface area contributed by atoms with Crippen molar-refractivity contribution in [2.45, 2.75) is 26.4 Å². The summed E-state index contributed by atoms with van der Waals surface area (Å²) in [4.78, 5) is 43.5. The average Bonchev–Trinajstić information content (AvgIpc) is 3.35. The molecule has 148 valence electrons. The maximum absolute atomic E-state index is 13.0. The van der Waals surface area contributed by atoms with Crippen LogP contribution in [0.25, 0.3) is 22.2 Å². The zero-order valence-corrected chi connectivity index (χ0v) is 16.5. The van der Waals surface area contributed by atoms with Gasteiger partial charge in [-0.3, -0.25) is 19.1 Å². The van der Waals surface area contributed by atoms with E-state index in [1.54, 1.807) is 51.4 Å². The highest BCUT2D eigenvalue weighted by Crippen LogP contribution is 2.36. The Hall–Kier alpha value is -3.68. The molecule has 0 atom stereocenters. The van der Waals surface area contributed by atoms with Crippen LogP contribution in [0.4, 0.5) is 4.79 Å². The fraction of sp³-hybridized carbons (Fsp3) is 0.238. The molecule has 0 unspecified atom stereocenters. The Morgan fingerprint density at radius 3 is 2.48 bits per heavy atom. The lowest BCUT2D eigenvalue weighted by Crippen LogP contribution is -2.27. The van der Waals surface area contributed by atoms with Gasteiger partial charge in [-0.1, -0.05) is 18.2 Å². The van der Waals surface area contributed by atoms with Crippen molar-refractivity contribution in [3.8, 4) is 0 Å². The second-order valence-corrected chi connectivity index (χ2v) is 7.77. The van der Waals surface area contributed by atoms with Crippen molar-refractivity contribution in [2.75, 3.05) is 7.05 Å². The molecule has 0 bridgehead atoms. The molecule has 3 aromatic rings. The Bertz CT molecular complexity index is 1180. The van der Waals surface area contributed by atoms with Crippen molar-refractivity contribution in [1.82, 2.24) is 19.0 Å². The average molecular weight is 392 g/mol. The molecule has 0 aliphatic carbocycles. The van der Waals surface area contributed by atoms with Crippen LogP contribution in [0.3, 0.4) is 0 Å². The summed E-state index contributed by atoms with van der Waals surface area (Å²) in [6, 6.07) is 7.19. The monoisotopic (exact) mass is 392 g/mol. The fourth-order valence-electron chi connectivity index (χ4n) is 3.34. The molecule has 1 aliphatic rings. The number of aromatic nitrogens is 3. The predicted octanol–water partition coefficient (Wildman–Crippen LogP) is 2.99. The molecular formula is C21H20N4O4. The SMILES string of the molecule is CN1C(=O)C(c2cn(C(=O)OC(C)(C)C)c3ccccc23)=C(n2ccnc2)C1=O. The van der Waals surface area contributed by atoms with Gasteiger partial charge >= 0.3 is 6.09 Å². The molecule has 0 radical (unpaired) electrons. The molecule has 0 N–H and O–H groups in total. The van der Waals surface area contributed by atoms with Crippen LogP contribution in [0.1, 0.15) is 26.3 Å². The Kier molecular flexibility index (Phi) is 4.15. The molecule has 0 fully saturated rings. The summed E-state index contributed by atoms with van der Waals surface area (Å²) in [6.45, 7) is 5.35. The second kappa shape index (κ2) is 6.44. The number of nitrogens with zero attached hydrogens (tertiary/aromatic N) is 4. The highest BCUT2D eigenvalue weighted by Gasteiger charge is 2.39. The summed E-state index contributed by atoms with van der Waals surface area (Å²) in [5.41, 5.74) is 0.807. The van der Waals surface area contributed by atoms with Crippen LogP contribution in [-0.2, 0) is 14.3 Å². The van der Waals surface area contributed by atoms with Gasteiger partial charge in [-0.25, -0.2) is 9.78 Å². The lowest BCUT2D eigenvalue weighted by atomic mass is 10.0. The summed E-state index contributed by atoms with van der Waals surface area (Å²) < 4.78 is 8.38. The van der Waals surface area contributed by atoms with Crippen molar-refractivity contribution in [3.63, 3.8) is 0 Å². The van der Waals surface area contributed by atoms with E-state index >= 15 is 0 Å². The molecule has 2 aromatic heterocycles. The number of carbonyl (C=O) groups excluding carboxylic acids is 3. The molecule has 8 heteroatoms. The number of hydrogen-bond acceptors (Lipinski definition) is 5. The molecule has 29 heavy (non-hydrogen) atoms. The number of hydrogen-bond donors (Lipinski definition) is 0. The third kappa shape index (κ3) is 3.02. The maximum atomic E-state index is 13.0. The van der Waals surface area contributed by atoms with Gasteiger partial charge < -0.3 is 9.30 Å². The number of fused-ring (bicyclic) bond motifs is 1. The van der Waals surface area contributed by atoms with Crippen LogP contribution in [0, 0.1) is 0 Å². The topological polar surface area (TPSA) is 86.4 Å². The maximum Gasteiger partial charge on any atom is 0.419 e. The normalized spacial score (nSPS) is 15.0. The zero-order valence-electron chi connectivity index (χ0n) is 16.5. The summed E-state index contributed by atoms with van der Waals surface area (Å²) in [6.07, 6.45) is 5.59. The highest BCUT2D eigenvalue weighted by molar-refractivity contribution is 6.47. The largest absolute Gasteiger partial charge is 0.443 e. The molecule has 0 spiro atoms. The number of likely N-dealkylation sites (N-methyl/N-ethyl adjacent to an activating group) is 1. The fourth-order valence-corrected chi connectivity index (χ4v) is 3.34. The van der Waals surface area contributed by atoms with Gasteiger partial charge in [-0.15, -0.1) is 0 Å². The molecule has 1 aromatic carbocycles. The van der Waals surface area contributed by atoms with Crippen LogP contribution in [-0.4, -0.2) is 49.6 Å². The van der Waals surface area contributed by atoms with E-state index in [4.69, 9.17) is 4.74 Å². The lowest BCUT2D eigenvalue weighted by Gasteiger charge is -2.19. The predicted molar refractivity (Wildman–Crippen MR) is 107 cm³/mol. The summed E-state index contributed by atoms with van der Waals surface area (Å²) in [5.74, 6) is -0.872. The van der Waals surface area contributed by atoms with Gasteiger partial charge in [0.05, 0.1) is 17.4 Å². The molecule has 1 aliphatic heterocycles. The highest BCUT2D eigenvalue weighted by atomic mass is 16.6. The van der Waals surface area contributed by atoms with E-state index in [0.29, 0.717) is 16.5 Å². The van der Waals surface area contributed by atoms with Crippen LogP contribution < -0.4 is 0 Å². The number of amides is 2. The molecule has 3 heterocycles. The van der Waals surface area contributed by atoms with Gasteiger partial charge in [0.25, 0.3) is 11.8 Å². The van der Waals surface area contributed by atoms with E-state index in [1.807, 2.05) is 6.07 Å². The minimum absolute atomic E-state index is 0.196. The van der Waals surface area contributed by atoms with Gasteiger partial charge in [-0.2, -0.15) is 0 Å². The van der Waals surface area contributed by atoms with Crippen LogP contribution in [0.5, 0.6) is 0 Å². The molecule has 2 amide bonds. The molecule has 0 saturated heterocycles. The number of imidazole rings is 1. The van der Waals surface area contributed by atoms with Crippen molar-refractivity contribution in [3.05, 3.63) is 54.7 Å². The zero-order chi connectivity index (χ0) is 20.9. The van der Waals surface area contributed by atoms with Gasteiger partial charge in [0, 0.05) is 36.6 Å². The second-order valence-electron chi connectivity index (χ2n) is 7.77. The van der Waals surface area contributed by atoms with E-state index in [-0.39, 0.29) is 11.3 Å². The Labute approximate surface area is 167 Å². The van der Waals surface area contributed by atoms with Crippen LogP contribution >= 0.6 is 0 Å². The minimum Gasteiger partial charge on any atom is -0.443 e. The first-order valence-electron chi connectivity index (χ1n) is 9.08. The number of para-hydroxylation sites is 1. The first-order chi connectivity index (χ1) is 13.7. The van der Waals surface area contributed by atoms with Gasteiger partial charge in [-0.05, 0) is 26.8 Å². The number of rotatable bonds is 2. The van der Waals surface area contributed by atoms with Gasteiger partial charge in [0.1, 0.15) is 11.3 Å². The van der Waals surface area contributed by atoms with Crippen molar-refractivity contribution in [1.29, 1.82) is 0 Å². The van der Waals surface area contributed by atoms with Crippen molar-refractivity contribution < 1.29 is 19.1 Å². The standard InChI is InChI=1S/C21H20N4O4/c1-21(2,3)29-20(28)25-11-14(13-7-5-6-8-15(13)25)16-17(24-10-9-22-12-24)19(27)23(4)18(16)26/h5-12H,1-4H3. The third-order valence-electron chi connectivity index (χ3n) is 4.60. The third-order valence-corrected chi connectivity index (χ3v) is 4.60.